The van der Waals surface area contributed by atoms with Crippen LogP contribution in [0.1, 0.15) is 12.0 Å². The average Bonchev–Trinajstić information content (AvgIpc) is 3.02. The number of hydrogen-bond acceptors (Lipinski definition) is 2. The molecule has 0 saturated heterocycles. The van der Waals surface area contributed by atoms with Crippen molar-refractivity contribution in [2.45, 2.75) is 25.4 Å². The molecule has 3 aromatic rings. The van der Waals surface area contributed by atoms with Gasteiger partial charge in [0.05, 0.1) is 0 Å². The topological polar surface area (TPSA) is 71.3 Å². The van der Waals surface area contributed by atoms with Gasteiger partial charge in [0.25, 0.3) is 0 Å². The van der Waals surface area contributed by atoms with E-state index in [1.807, 2.05) is 65.4 Å². The summed E-state index contributed by atoms with van der Waals surface area (Å²) in [6, 6.07) is 16.3. The molecule has 1 aromatic heterocycles. The molecule has 0 aliphatic carbocycles. The van der Waals surface area contributed by atoms with Gasteiger partial charge in [-0.15, -0.1) is 0 Å². The van der Waals surface area contributed by atoms with Crippen LogP contribution >= 0.6 is 15.9 Å². The molecule has 0 fully saturated rings. The van der Waals surface area contributed by atoms with Gasteiger partial charge in [0.2, 0.25) is 5.91 Å². The number of carboxylic acids is 1. The van der Waals surface area contributed by atoms with Crippen LogP contribution in [-0.4, -0.2) is 27.6 Å². The third-order valence-electron chi connectivity index (χ3n) is 4.23. The molecule has 0 saturated carbocycles. The van der Waals surface area contributed by atoms with E-state index in [4.69, 9.17) is 0 Å². The second-order valence-corrected chi connectivity index (χ2v) is 7.03. The quantitative estimate of drug-likeness (QED) is 0.620. The Kier molecular flexibility index (Phi) is 5.73. The first-order valence-corrected chi connectivity index (χ1v) is 9.13. The van der Waals surface area contributed by atoms with E-state index < -0.39 is 12.0 Å². The first-order chi connectivity index (χ1) is 12.5. The predicted octanol–water partition coefficient (Wildman–Crippen LogP) is 3.61. The van der Waals surface area contributed by atoms with Crippen LogP contribution in [0.5, 0.6) is 0 Å². The highest BCUT2D eigenvalue weighted by molar-refractivity contribution is 9.10. The van der Waals surface area contributed by atoms with Gasteiger partial charge in [-0.3, -0.25) is 4.79 Å². The molecule has 0 radical (unpaired) electrons. The highest BCUT2D eigenvalue weighted by Gasteiger charge is 2.20. The van der Waals surface area contributed by atoms with E-state index in [9.17, 15) is 14.7 Å². The lowest BCUT2D eigenvalue weighted by Gasteiger charge is -2.15. The molecule has 1 heterocycles. The predicted molar refractivity (Wildman–Crippen MR) is 104 cm³/mol. The molecule has 1 atom stereocenters. The lowest BCUT2D eigenvalue weighted by molar-refractivity contribution is -0.141. The van der Waals surface area contributed by atoms with Crippen LogP contribution in [0.4, 0.5) is 0 Å². The number of nitrogens with one attached hydrogen (secondary N) is 1. The van der Waals surface area contributed by atoms with Gasteiger partial charge in [0.1, 0.15) is 6.04 Å². The zero-order valence-corrected chi connectivity index (χ0v) is 15.6. The summed E-state index contributed by atoms with van der Waals surface area (Å²) in [6.45, 7) is 0.490. The summed E-state index contributed by atoms with van der Waals surface area (Å²) in [5.41, 5.74) is 1.91. The van der Waals surface area contributed by atoms with Crippen LogP contribution in [0.2, 0.25) is 0 Å². The number of aliphatic carboxylic acids is 1. The summed E-state index contributed by atoms with van der Waals surface area (Å²) in [6.07, 6.45) is 2.42. The second-order valence-electron chi connectivity index (χ2n) is 6.11. The highest BCUT2D eigenvalue weighted by atomic mass is 79.9. The first kappa shape index (κ1) is 18.2. The molecule has 0 aliphatic heterocycles. The number of amides is 1. The van der Waals surface area contributed by atoms with Gasteiger partial charge in [0.15, 0.2) is 0 Å². The minimum Gasteiger partial charge on any atom is -0.480 e. The fourth-order valence-electron chi connectivity index (χ4n) is 2.89. The summed E-state index contributed by atoms with van der Waals surface area (Å²) in [4.78, 5) is 23.7. The molecule has 5 nitrogen and oxygen atoms in total. The zero-order chi connectivity index (χ0) is 18.5. The van der Waals surface area contributed by atoms with Gasteiger partial charge >= 0.3 is 5.97 Å². The molecule has 1 unspecified atom stereocenters. The number of aromatic nitrogens is 1. The smallest absolute Gasteiger partial charge is 0.326 e. The van der Waals surface area contributed by atoms with Crippen LogP contribution in [0.25, 0.3) is 10.9 Å². The van der Waals surface area contributed by atoms with Crippen molar-refractivity contribution in [1.29, 1.82) is 0 Å². The summed E-state index contributed by atoms with van der Waals surface area (Å²) >= 11 is 3.45. The molecule has 6 heteroatoms. The Morgan fingerprint density at radius 2 is 1.88 bits per heavy atom. The molecule has 0 bridgehead atoms. The third kappa shape index (κ3) is 4.52. The van der Waals surface area contributed by atoms with Crippen molar-refractivity contribution in [3.8, 4) is 0 Å². The minimum atomic E-state index is -1.03. The summed E-state index contributed by atoms with van der Waals surface area (Å²) in [7, 11) is 0. The van der Waals surface area contributed by atoms with E-state index in [-0.39, 0.29) is 18.7 Å². The highest BCUT2D eigenvalue weighted by Crippen LogP contribution is 2.21. The van der Waals surface area contributed by atoms with Gasteiger partial charge < -0.3 is 15.0 Å². The van der Waals surface area contributed by atoms with Crippen molar-refractivity contribution in [3.63, 3.8) is 0 Å². The van der Waals surface area contributed by atoms with E-state index in [0.29, 0.717) is 6.54 Å². The van der Waals surface area contributed by atoms with E-state index in [1.165, 1.54) is 0 Å². The maximum atomic E-state index is 12.2. The summed E-state index contributed by atoms with van der Waals surface area (Å²) in [5.74, 6) is -1.30. The number of benzene rings is 2. The first-order valence-electron chi connectivity index (χ1n) is 8.33. The van der Waals surface area contributed by atoms with Crippen molar-refractivity contribution >= 4 is 38.7 Å². The van der Waals surface area contributed by atoms with Crippen LogP contribution < -0.4 is 5.32 Å². The number of fused-ring (bicyclic) bond motifs is 1. The van der Waals surface area contributed by atoms with Gasteiger partial charge in [-0.1, -0.05) is 52.3 Å². The van der Waals surface area contributed by atoms with Crippen molar-refractivity contribution in [1.82, 2.24) is 9.88 Å². The summed E-state index contributed by atoms with van der Waals surface area (Å²) < 4.78 is 2.97. The van der Waals surface area contributed by atoms with Gasteiger partial charge in [-0.05, 0) is 29.1 Å². The molecule has 2 aromatic carbocycles. The average molecular weight is 415 g/mol. The van der Waals surface area contributed by atoms with Crippen LogP contribution in [0.15, 0.2) is 65.3 Å². The minimum absolute atomic E-state index is 0.217. The van der Waals surface area contributed by atoms with E-state index in [2.05, 4.69) is 21.2 Å². The Labute approximate surface area is 159 Å². The van der Waals surface area contributed by atoms with Crippen molar-refractivity contribution in [3.05, 3.63) is 70.8 Å². The van der Waals surface area contributed by atoms with Crippen molar-refractivity contribution < 1.29 is 14.7 Å². The largest absolute Gasteiger partial charge is 0.480 e. The van der Waals surface area contributed by atoms with Crippen molar-refractivity contribution in [2.75, 3.05) is 0 Å². The number of nitrogens with zero attached hydrogens (tertiary/aromatic N) is 1. The number of hydrogen-bond donors (Lipinski definition) is 2. The van der Waals surface area contributed by atoms with E-state index >= 15 is 0 Å². The Bertz CT molecular complexity index is 921. The number of aryl methyl sites for hydroxylation is 1. The molecule has 26 heavy (non-hydrogen) atoms. The maximum absolute atomic E-state index is 12.2. The fraction of sp³-hybridized carbons (Fsp3) is 0.200. The molecule has 0 spiro atoms. The van der Waals surface area contributed by atoms with Gasteiger partial charge in [-0.25, -0.2) is 4.79 Å². The van der Waals surface area contributed by atoms with Gasteiger partial charge in [0, 0.05) is 35.6 Å². The lowest BCUT2D eigenvalue weighted by atomic mass is 10.1. The number of carbonyl (C=O) groups excluding carboxylic acids is 1. The van der Waals surface area contributed by atoms with E-state index in [0.717, 1.165) is 20.9 Å². The monoisotopic (exact) mass is 414 g/mol. The number of rotatable bonds is 7. The molecule has 3 rings (SSSR count). The van der Waals surface area contributed by atoms with Crippen LogP contribution in [-0.2, 0) is 22.6 Å². The zero-order valence-electron chi connectivity index (χ0n) is 14.1. The Hall–Kier alpha value is -2.60. The molecular weight excluding hydrogens is 396 g/mol. The summed E-state index contributed by atoms with van der Waals surface area (Å²) in [5, 5.41) is 13.1. The van der Waals surface area contributed by atoms with Crippen LogP contribution in [0, 0.1) is 0 Å². The normalized spacial score (nSPS) is 12.0. The molecule has 1 amide bonds. The Morgan fingerprint density at radius 1 is 1.12 bits per heavy atom. The molecular formula is C20H19BrN2O3. The molecule has 134 valence electrons. The number of carbonyl (C=O) groups is 2. The number of carboxylic acid groups (broad SMARTS) is 1. The standard InChI is InChI=1S/C20H19BrN2O3/c21-16-7-6-15-8-10-23(18(15)13-16)11-9-19(24)22-17(20(25)26)12-14-4-2-1-3-5-14/h1-8,10,13,17H,9,11-12H2,(H,22,24)(H,25,26). The van der Waals surface area contributed by atoms with Crippen molar-refractivity contribution in [2.24, 2.45) is 0 Å². The Balaban J connectivity index is 1.61. The Morgan fingerprint density at radius 3 is 2.62 bits per heavy atom. The molecule has 2 N–H and O–H groups in total. The maximum Gasteiger partial charge on any atom is 0.326 e. The van der Waals surface area contributed by atoms with E-state index in [1.54, 1.807) is 0 Å². The third-order valence-corrected chi connectivity index (χ3v) is 4.72. The SMILES string of the molecule is O=C(CCn1ccc2ccc(Br)cc21)NC(Cc1ccccc1)C(=O)O. The second kappa shape index (κ2) is 8.19. The number of halogens is 1. The fourth-order valence-corrected chi connectivity index (χ4v) is 3.24. The lowest BCUT2D eigenvalue weighted by Crippen LogP contribution is -2.42. The van der Waals surface area contributed by atoms with Crippen LogP contribution in [0.3, 0.4) is 0 Å². The van der Waals surface area contributed by atoms with Gasteiger partial charge in [-0.2, -0.15) is 0 Å². The molecule has 0 aliphatic rings.